The van der Waals surface area contributed by atoms with Gasteiger partial charge in [-0.15, -0.1) is 5.10 Å². The second-order valence-electron chi connectivity index (χ2n) is 8.82. The molecule has 3 aliphatic rings. The molecular formula is C26H29N5O6. The van der Waals surface area contributed by atoms with Crippen LogP contribution in [0.2, 0.25) is 0 Å². The molecule has 4 heterocycles. The van der Waals surface area contributed by atoms with E-state index in [0.29, 0.717) is 67.9 Å². The molecule has 11 heteroatoms. The van der Waals surface area contributed by atoms with Crippen LogP contribution in [0.4, 0.5) is 0 Å². The fraction of sp³-hybridized carbons (Fsp3) is 0.385. The van der Waals surface area contributed by atoms with Crippen LogP contribution < -0.4 is 19.5 Å². The van der Waals surface area contributed by atoms with Gasteiger partial charge in [-0.2, -0.15) is 0 Å². The summed E-state index contributed by atoms with van der Waals surface area (Å²) >= 11 is 0. The first kappa shape index (κ1) is 24.6. The van der Waals surface area contributed by atoms with Crippen LogP contribution in [0.25, 0.3) is 0 Å². The van der Waals surface area contributed by atoms with E-state index in [2.05, 4.69) is 15.6 Å². The molecule has 1 N–H and O–H groups in total. The van der Waals surface area contributed by atoms with Crippen molar-refractivity contribution in [3.63, 3.8) is 0 Å². The Kier molecular flexibility index (Phi) is 7.50. The smallest absolute Gasteiger partial charge is 0.257 e. The molecule has 0 spiro atoms. The SMILES string of the molecule is COc1cccc2c1OCc1cn(nn1)CCOc1ccc(cc1)CC(=O)NCC1CN(CCO1)C2=O. The van der Waals surface area contributed by atoms with E-state index in [9.17, 15) is 9.59 Å². The molecule has 2 amide bonds. The highest BCUT2D eigenvalue weighted by Gasteiger charge is 2.28. The van der Waals surface area contributed by atoms with Crippen molar-refractivity contribution in [2.24, 2.45) is 0 Å². The highest BCUT2D eigenvalue weighted by Crippen LogP contribution is 2.33. The van der Waals surface area contributed by atoms with Crippen molar-refractivity contribution in [2.75, 3.05) is 40.0 Å². The van der Waals surface area contributed by atoms with Crippen LogP contribution in [0.1, 0.15) is 21.6 Å². The first-order chi connectivity index (χ1) is 18.1. The van der Waals surface area contributed by atoms with E-state index in [1.807, 2.05) is 24.3 Å². The number of carbonyl (C=O) groups excluding carboxylic acids is 2. The van der Waals surface area contributed by atoms with Gasteiger partial charge in [0.25, 0.3) is 5.91 Å². The number of aromatic nitrogens is 3. The van der Waals surface area contributed by atoms with Gasteiger partial charge in [0, 0.05) is 19.6 Å². The van der Waals surface area contributed by atoms with E-state index < -0.39 is 0 Å². The highest BCUT2D eigenvalue weighted by molar-refractivity contribution is 5.98. The number of hydrogen-bond acceptors (Lipinski definition) is 8. The largest absolute Gasteiger partial charge is 0.493 e. The fourth-order valence-corrected chi connectivity index (χ4v) is 4.29. The zero-order valence-electron chi connectivity index (χ0n) is 20.6. The van der Waals surface area contributed by atoms with Gasteiger partial charge >= 0.3 is 0 Å². The summed E-state index contributed by atoms with van der Waals surface area (Å²) in [5.41, 5.74) is 1.87. The van der Waals surface area contributed by atoms with E-state index in [4.69, 9.17) is 18.9 Å². The van der Waals surface area contributed by atoms with Gasteiger partial charge in [-0.1, -0.05) is 23.4 Å². The van der Waals surface area contributed by atoms with Crippen molar-refractivity contribution in [3.8, 4) is 17.2 Å². The fourth-order valence-electron chi connectivity index (χ4n) is 4.29. The Balaban J connectivity index is 1.39. The van der Waals surface area contributed by atoms with Crippen LogP contribution in [0.15, 0.2) is 48.7 Å². The maximum atomic E-state index is 13.5. The zero-order chi connectivity index (χ0) is 25.6. The average Bonchev–Trinajstić information content (AvgIpc) is 3.38. The third-order valence-electron chi connectivity index (χ3n) is 6.21. The number of hydrogen-bond donors (Lipinski definition) is 1. The van der Waals surface area contributed by atoms with E-state index in [1.54, 1.807) is 34.0 Å². The molecule has 1 unspecified atom stereocenters. The second-order valence-corrected chi connectivity index (χ2v) is 8.82. The summed E-state index contributed by atoms with van der Waals surface area (Å²) in [6.45, 7) is 2.46. The second kappa shape index (κ2) is 11.3. The molecule has 1 aromatic heterocycles. The molecule has 6 bridgehead atoms. The molecule has 3 aromatic rings. The topological polar surface area (TPSA) is 117 Å². The Morgan fingerprint density at radius 2 is 1.92 bits per heavy atom. The summed E-state index contributed by atoms with van der Waals surface area (Å²) in [6, 6.07) is 12.6. The van der Waals surface area contributed by atoms with Gasteiger partial charge in [-0.25, -0.2) is 4.68 Å². The molecule has 2 aromatic carbocycles. The van der Waals surface area contributed by atoms with Crippen LogP contribution in [0.3, 0.4) is 0 Å². The van der Waals surface area contributed by atoms with E-state index in [1.165, 1.54) is 7.11 Å². The van der Waals surface area contributed by atoms with Gasteiger partial charge in [0.2, 0.25) is 5.91 Å². The average molecular weight is 508 g/mol. The van der Waals surface area contributed by atoms with E-state index >= 15 is 0 Å². The molecule has 194 valence electrons. The molecule has 37 heavy (non-hydrogen) atoms. The lowest BCUT2D eigenvalue weighted by molar-refractivity contribution is -0.121. The third-order valence-corrected chi connectivity index (χ3v) is 6.21. The lowest BCUT2D eigenvalue weighted by atomic mass is 10.1. The van der Waals surface area contributed by atoms with Crippen LogP contribution in [0.5, 0.6) is 17.2 Å². The molecule has 0 radical (unpaired) electrons. The number of nitrogens with one attached hydrogen (secondary N) is 1. The van der Waals surface area contributed by atoms with Gasteiger partial charge in [0.1, 0.15) is 24.7 Å². The van der Waals surface area contributed by atoms with E-state index in [-0.39, 0.29) is 30.9 Å². The molecule has 1 fully saturated rings. The number of amides is 2. The molecular weight excluding hydrogens is 478 g/mol. The molecule has 1 atom stereocenters. The maximum Gasteiger partial charge on any atom is 0.257 e. The van der Waals surface area contributed by atoms with Crippen LogP contribution in [0, 0.1) is 0 Å². The monoisotopic (exact) mass is 507 g/mol. The van der Waals surface area contributed by atoms with Gasteiger partial charge in [-0.05, 0) is 29.8 Å². The molecule has 0 saturated carbocycles. The van der Waals surface area contributed by atoms with Crippen LogP contribution in [-0.4, -0.2) is 77.8 Å². The van der Waals surface area contributed by atoms with Crippen molar-refractivity contribution in [2.45, 2.75) is 25.7 Å². The summed E-state index contributed by atoms with van der Waals surface area (Å²) in [5.74, 6) is 1.18. The Hall–Kier alpha value is -4.12. The first-order valence-electron chi connectivity index (χ1n) is 12.2. The number of carbonyl (C=O) groups is 2. The molecule has 6 rings (SSSR count). The van der Waals surface area contributed by atoms with Crippen LogP contribution >= 0.6 is 0 Å². The zero-order valence-corrected chi connectivity index (χ0v) is 20.6. The lowest BCUT2D eigenvalue weighted by Crippen LogP contribution is -2.49. The van der Waals surface area contributed by atoms with Crippen molar-refractivity contribution in [1.29, 1.82) is 0 Å². The summed E-state index contributed by atoms with van der Waals surface area (Å²) in [7, 11) is 1.53. The van der Waals surface area contributed by atoms with Gasteiger partial charge in [0.05, 0.1) is 44.5 Å². The quantitative estimate of drug-likeness (QED) is 0.526. The molecule has 1 saturated heterocycles. The predicted octanol–water partition coefficient (Wildman–Crippen LogP) is 1.46. The van der Waals surface area contributed by atoms with Gasteiger partial charge < -0.3 is 29.2 Å². The minimum Gasteiger partial charge on any atom is -0.493 e. The lowest BCUT2D eigenvalue weighted by Gasteiger charge is -2.33. The number of fused-ring (bicyclic) bond motifs is 8. The van der Waals surface area contributed by atoms with Crippen LogP contribution in [-0.2, 0) is 29.1 Å². The first-order valence-corrected chi connectivity index (χ1v) is 12.2. The van der Waals surface area contributed by atoms with Crippen molar-refractivity contribution < 1.29 is 28.5 Å². The van der Waals surface area contributed by atoms with Crippen molar-refractivity contribution in [1.82, 2.24) is 25.2 Å². The van der Waals surface area contributed by atoms with Crippen molar-refractivity contribution >= 4 is 11.8 Å². The van der Waals surface area contributed by atoms with Gasteiger partial charge in [0.15, 0.2) is 11.5 Å². The van der Waals surface area contributed by atoms with Gasteiger partial charge in [-0.3, -0.25) is 9.59 Å². The summed E-state index contributed by atoms with van der Waals surface area (Å²) in [6.07, 6.45) is 1.70. The third kappa shape index (κ3) is 6.00. The number of nitrogens with zero attached hydrogens (tertiary/aromatic N) is 4. The van der Waals surface area contributed by atoms with E-state index in [0.717, 1.165) is 5.56 Å². The van der Waals surface area contributed by atoms with Crippen molar-refractivity contribution in [3.05, 3.63) is 65.5 Å². The number of benzene rings is 2. The minimum absolute atomic E-state index is 0.112. The number of methoxy groups -OCH3 is 1. The Bertz CT molecular complexity index is 1240. The molecule has 3 aliphatic heterocycles. The summed E-state index contributed by atoms with van der Waals surface area (Å²) < 4.78 is 24.8. The highest BCUT2D eigenvalue weighted by atomic mass is 16.5. The minimum atomic E-state index is -0.319. The number of ether oxygens (including phenoxy) is 4. The maximum absolute atomic E-state index is 13.5. The molecule has 11 nitrogen and oxygen atoms in total. The Labute approximate surface area is 214 Å². The number of para-hydroxylation sites is 1. The summed E-state index contributed by atoms with van der Waals surface area (Å²) in [4.78, 5) is 27.7. The number of morpholine rings is 1. The number of rotatable bonds is 1. The predicted molar refractivity (Wildman–Crippen MR) is 132 cm³/mol. The standard InChI is InChI=1S/C26H29N5O6/c1-34-23-4-2-3-22-25(23)37-17-19-15-31(29-28-19)10-12-35-20-7-5-18(6-8-20)13-24(32)27-14-21-16-30(26(22)33)9-11-36-21/h2-8,15,21H,9-14,16-17H2,1H3,(H,27,32). The molecule has 0 aliphatic carbocycles. The summed E-state index contributed by atoms with van der Waals surface area (Å²) in [5, 5.41) is 11.2. The Morgan fingerprint density at radius 3 is 2.76 bits per heavy atom. The Morgan fingerprint density at radius 1 is 1.05 bits per heavy atom. The normalized spacial score (nSPS) is 18.9.